The van der Waals surface area contributed by atoms with Gasteiger partial charge in [-0.05, 0) is 38.2 Å². The highest BCUT2D eigenvalue weighted by Gasteiger charge is 2.74. The zero-order valence-corrected chi connectivity index (χ0v) is 21.3. The highest BCUT2D eigenvalue weighted by molar-refractivity contribution is 8.02. The van der Waals surface area contributed by atoms with E-state index in [4.69, 9.17) is 0 Å². The molecule has 7 nitrogen and oxygen atoms in total. The van der Waals surface area contributed by atoms with Gasteiger partial charge in [0.25, 0.3) is 0 Å². The molecule has 1 spiro atoms. The number of aliphatic hydroxyl groups excluding tert-OH is 1. The largest absolute Gasteiger partial charge is 0.481 e. The van der Waals surface area contributed by atoms with Crippen LogP contribution in [0.5, 0.6) is 0 Å². The molecule has 3 aliphatic heterocycles. The predicted molar refractivity (Wildman–Crippen MR) is 136 cm³/mol. The number of carbonyl (C=O) groups is 3. The van der Waals surface area contributed by atoms with Crippen molar-refractivity contribution in [3.05, 3.63) is 48.6 Å². The van der Waals surface area contributed by atoms with Crippen molar-refractivity contribution in [2.75, 3.05) is 13.2 Å². The molecule has 7 atom stereocenters. The topological polar surface area (TPSA) is 98.2 Å². The van der Waals surface area contributed by atoms with Crippen molar-refractivity contribution in [2.24, 2.45) is 11.8 Å². The maximum atomic E-state index is 14.3. The summed E-state index contributed by atoms with van der Waals surface area (Å²) in [6.07, 6.45) is 5.13. The third-order valence-corrected chi connectivity index (χ3v) is 9.97. The zero-order valence-electron chi connectivity index (χ0n) is 20.5. The SMILES string of the molecule is C=CCN(C(=O)C1N([C@@H](CO)Cc2ccccc2)C(=O)[C@@H]2[C@H](C(=O)O)[C@@H]3CCC12S3)C(C)CCC. The lowest BCUT2D eigenvalue weighted by molar-refractivity contribution is -0.150. The maximum Gasteiger partial charge on any atom is 0.308 e. The fraction of sp³-hybridized carbons (Fsp3) is 0.593. The molecular formula is C27H36N2O5S. The predicted octanol–water partition coefficient (Wildman–Crippen LogP) is 2.97. The average molecular weight is 501 g/mol. The molecule has 4 rings (SSSR count). The standard InChI is InChI=1S/C27H36N2O5S/c1-4-9-17(3)28(14-5-2)25(32)23-27-13-12-20(35-27)21(26(33)34)22(27)24(31)29(23)19(16-30)15-18-10-7-6-8-11-18/h5-8,10-11,17,19-23,30H,2,4,9,12-16H2,1,3H3,(H,33,34)/t17?,19-,20+,21-,22+,23?,27?/m1/s1. The molecule has 35 heavy (non-hydrogen) atoms. The first kappa shape index (κ1) is 25.8. The van der Waals surface area contributed by atoms with Gasteiger partial charge in [-0.3, -0.25) is 14.4 Å². The molecule has 1 aromatic carbocycles. The number of hydrogen-bond acceptors (Lipinski definition) is 5. The van der Waals surface area contributed by atoms with Crippen LogP contribution in [-0.2, 0) is 20.8 Å². The minimum Gasteiger partial charge on any atom is -0.481 e. The van der Waals surface area contributed by atoms with Crippen molar-refractivity contribution >= 4 is 29.5 Å². The molecule has 2 bridgehead atoms. The van der Waals surface area contributed by atoms with Crippen molar-refractivity contribution in [3.8, 4) is 0 Å². The number of amides is 2. The van der Waals surface area contributed by atoms with Gasteiger partial charge in [0.2, 0.25) is 11.8 Å². The van der Waals surface area contributed by atoms with E-state index in [1.54, 1.807) is 15.9 Å². The van der Waals surface area contributed by atoms with Crippen LogP contribution in [0.1, 0.15) is 45.1 Å². The fourth-order valence-electron chi connectivity index (χ4n) is 6.54. The highest BCUT2D eigenvalue weighted by Crippen LogP contribution is 2.66. The second kappa shape index (κ2) is 10.3. The van der Waals surface area contributed by atoms with Crippen LogP contribution in [0.3, 0.4) is 0 Å². The van der Waals surface area contributed by atoms with E-state index >= 15 is 0 Å². The molecule has 0 saturated carbocycles. The first-order chi connectivity index (χ1) is 16.8. The van der Waals surface area contributed by atoms with Crippen molar-refractivity contribution in [1.29, 1.82) is 0 Å². The fourth-order valence-corrected chi connectivity index (χ4v) is 8.73. The molecule has 3 aliphatic rings. The van der Waals surface area contributed by atoms with Crippen molar-refractivity contribution in [3.63, 3.8) is 0 Å². The molecule has 0 aliphatic carbocycles. The zero-order chi connectivity index (χ0) is 25.3. The van der Waals surface area contributed by atoms with Crippen LogP contribution >= 0.6 is 11.8 Å². The van der Waals surface area contributed by atoms with Gasteiger partial charge in [0.1, 0.15) is 6.04 Å². The van der Waals surface area contributed by atoms with Gasteiger partial charge in [0.05, 0.1) is 29.2 Å². The third kappa shape index (κ3) is 4.29. The lowest BCUT2D eigenvalue weighted by Gasteiger charge is -2.41. The summed E-state index contributed by atoms with van der Waals surface area (Å²) in [6, 6.07) is 8.13. The van der Waals surface area contributed by atoms with Crippen LogP contribution in [0.4, 0.5) is 0 Å². The Morgan fingerprint density at radius 1 is 1.34 bits per heavy atom. The number of rotatable bonds is 11. The second-order valence-electron chi connectivity index (χ2n) is 10.1. The van der Waals surface area contributed by atoms with E-state index in [-0.39, 0.29) is 29.7 Å². The van der Waals surface area contributed by atoms with E-state index < -0.39 is 34.6 Å². The van der Waals surface area contributed by atoms with E-state index in [1.807, 2.05) is 37.3 Å². The minimum absolute atomic E-state index is 0.0431. The number of aliphatic hydroxyl groups is 1. The number of benzene rings is 1. The van der Waals surface area contributed by atoms with E-state index in [9.17, 15) is 24.6 Å². The molecule has 0 radical (unpaired) electrons. The molecule has 2 N–H and O–H groups in total. The van der Waals surface area contributed by atoms with Gasteiger partial charge in [0.15, 0.2) is 0 Å². The Hall–Kier alpha value is -2.32. The number of carboxylic acids is 1. The number of nitrogens with zero attached hydrogens (tertiary/aromatic N) is 2. The van der Waals surface area contributed by atoms with Gasteiger partial charge in [-0.2, -0.15) is 0 Å². The summed E-state index contributed by atoms with van der Waals surface area (Å²) in [5, 5.41) is 20.3. The van der Waals surface area contributed by atoms with Gasteiger partial charge in [0, 0.05) is 17.8 Å². The lowest BCUT2D eigenvalue weighted by atomic mass is 9.71. The first-order valence-corrected chi connectivity index (χ1v) is 13.5. The molecule has 190 valence electrons. The summed E-state index contributed by atoms with van der Waals surface area (Å²) < 4.78 is -0.780. The molecule has 1 aromatic rings. The van der Waals surface area contributed by atoms with Gasteiger partial charge in [-0.1, -0.05) is 49.8 Å². The van der Waals surface area contributed by atoms with E-state index in [0.717, 1.165) is 18.4 Å². The quantitative estimate of drug-likeness (QED) is 0.454. The van der Waals surface area contributed by atoms with Crippen LogP contribution in [0.2, 0.25) is 0 Å². The Kier molecular flexibility index (Phi) is 7.62. The Morgan fingerprint density at radius 3 is 2.66 bits per heavy atom. The summed E-state index contributed by atoms with van der Waals surface area (Å²) in [7, 11) is 0. The van der Waals surface area contributed by atoms with E-state index in [1.165, 1.54) is 11.8 Å². The van der Waals surface area contributed by atoms with Gasteiger partial charge in [-0.25, -0.2) is 0 Å². The molecule has 0 aromatic heterocycles. The van der Waals surface area contributed by atoms with E-state index in [0.29, 0.717) is 25.8 Å². The first-order valence-electron chi connectivity index (χ1n) is 12.6. The molecule has 8 heteroatoms. The summed E-state index contributed by atoms with van der Waals surface area (Å²) in [6.45, 7) is 7.98. The smallest absolute Gasteiger partial charge is 0.308 e. The Labute approximate surface area is 211 Å². The number of thioether (sulfide) groups is 1. The summed E-state index contributed by atoms with van der Waals surface area (Å²) >= 11 is 1.53. The van der Waals surface area contributed by atoms with Crippen molar-refractivity contribution < 1.29 is 24.6 Å². The van der Waals surface area contributed by atoms with Crippen molar-refractivity contribution in [2.45, 2.75) is 74.1 Å². The Balaban J connectivity index is 1.78. The molecule has 3 saturated heterocycles. The van der Waals surface area contributed by atoms with Crippen LogP contribution < -0.4 is 0 Å². The van der Waals surface area contributed by atoms with E-state index in [2.05, 4.69) is 13.5 Å². The number of aliphatic carboxylic acids is 1. The molecule has 3 heterocycles. The summed E-state index contributed by atoms with van der Waals surface area (Å²) in [5.74, 6) is -3.00. The van der Waals surface area contributed by atoms with Crippen LogP contribution in [0.25, 0.3) is 0 Å². The van der Waals surface area contributed by atoms with Crippen LogP contribution in [0.15, 0.2) is 43.0 Å². The van der Waals surface area contributed by atoms with Crippen LogP contribution in [-0.4, -0.2) is 79.1 Å². The number of fused-ring (bicyclic) bond motifs is 1. The average Bonchev–Trinajstić information content (AvgIpc) is 3.49. The van der Waals surface area contributed by atoms with Gasteiger partial charge >= 0.3 is 5.97 Å². The second-order valence-corrected chi connectivity index (χ2v) is 11.7. The lowest BCUT2D eigenvalue weighted by Crippen LogP contribution is -2.59. The number of carboxylic acid groups (broad SMARTS) is 1. The highest BCUT2D eigenvalue weighted by atomic mass is 32.2. The number of carbonyl (C=O) groups excluding carboxylic acids is 2. The summed E-state index contributed by atoms with van der Waals surface area (Å²) in [5.41, 5.74) is 0.953. The Morgan fingerprint density at radius 2 is 2.06 bits per heavy atom. The number of hydrogen-bond donors (Lipinski definition) is 2. The van der Waals surface area contributed by atoms with Crippen LogP contribution in [0, 0.1) is 11.8 Å². The van der Waals surface area contributed by atoms with Crippen molar-refractivity contribution in [1.82, 2.24) is 9.80 Å². The molecule has 3 unspecified atom stereocenters. The maximum absolute atomic E-state index is 14.3. The third-order valence-electron chi connectivity index (χ3n) is 8.02. The Bertz CT molecular complexity index is 972. The summed E-state index contributed by atoms with van der Waals surface area (Å²) in [4.78, 5) is 44.0. The van der Waals surface area contributed by atoms with Gasteiger partial charge < -0.3 is 20.0 Å². The monoisotopic (exact) mass is 500 g/mol. The molecule has 3 fully saturated rings. The molecular weight excluding hydrogens is 464 g/mol. The van der Waals surface area contributed by atoms with Gasteiger partial charge in [-0.15, -0.1) is 18.3 Å². The minimum atomic E-state index is -0.971. The normalized spacial score (nSPS) is 30.7. The molecule has 2 amide bonds. The number of likely N-dealkylation sites (tertiary alicyclic amines) is 1.